The van der Waals surface area contributed by atoms with Crippen molar-refractivity contribution in [3.63, 3.8) is 0 Å². The second-order valence-electron chi connectivity index (χ2n) is 3.77. The van der Waals surface area contributed by atoms with E-state index in [-0.39, 0.29) is 0 Å². The fourth-order valence-corrected chi connectivity index (χ4v) is 1.87. The van der Waals surface area contributed by atoms with Crippen LogP contribution in [0.4, 0.5) is 0 Å². The van der Waals surface area contributed by atoms with Crippen molar-refractivity contribution in [1.29, 1.82) is 0 Å². The molecular weight excluding hydrogens is 194 g/mol. The molecule has 0 aliphatic heterocycles. The van der Waals surface area contributed by atoms with Crippen molar-refractivity contribution in [1.82, 2.24) is 15.5 Å². The Morgan fingerprint density at radius 2 is 2.07 bits per heavy atom. The van der Waals surface area contributed by atoms with E-state index in [1.54, 1.807) is 11.3 Å². The molecule has 0 bridgehead atoms. The highest BCUT2D eigenvalue weighted by atomic mass is 32.1. The van der Waals surface area contributed by atoms with Gasteiger partial charge in [-0.05, 0) is 19.8 Å². The highest BCUT2D eigenvalue weighted by Crippen LogP contribution is 2.10. The minimum Gasteiger partial charge on any atom is -0.308 e. The average Bonchev–Trinajstić information content (AvgIpc) is 2.59. The van der Waals surface area contributed by atoms with Gasteiger partial charge in [-0.2, -0.15) is 0 Å². The number of hydrogen-bond donors (Lipinski definition) is 1. The van der Waals surface area contributed by atoms with Gasteiger partial charge in [0, 0.05) is 12.6 Å². The zero-order chi connectivity index (χ0) is 10.6. The van der Waals surface area contributed by atoms with Crippen molar-refractivity contribution in [3.8, 4) is 0 Å². The molecule has 0 radical (unpaired) electrons. The van der Waals surface area contributed by atoms with Crippen LogP contribution in [0, 0.1) is 12.8 Å². The van der Waals surface area contributed by atoms with Gasteiger partial charge in [0.25, 0.3) is 0 Å². The van der Waals surface area contributed by atoms with Crippen LogP contribution in [0.3, 0.4) is 0 Å². The first-order valence-electron chi connectivity index (χ1n) is 5.15. The Hall–Kier alpha value is -0.480. The summed E-state index contributed by atoms with van der Waals surface area (Å²) in [6.07, 6.45) is 1.21. The Balaban J connectivity index is 2.33. The molecule has 4 heteroatoms. The van der Waals surface area contributed by atoms with Crippen molar-refractivity contribution in [2.45, 2.75) is 46.7 Å². The van der Waals surface area contributed by atoms with Crippen LogP contribution in [0.5, 0.6) is 0 Å². The van der Waals surface area contributed by atoms with E-state index in [0.29, 0.717) is 12.0 Å². The highest BCUT2D eigenvalue weighted by Gasteiger charge is 2.10. The van der Waals surface area contributed by atoms with E-state index in [9.17, 15) is 0 Å². The molecule has 1 heterocycles. The van der Waals surface area contributed by atoms with Crippen LogP contribution in [-0.4, -0.2) is 16.2 Å². The largest absolute Gasteiger partial charge is 0.308 e. The van der Waals surface area contributed by atoms with E-state index in [1.165, 1.54) is 6.42 Å². The van der Waals surface area contributed by atoms with Crippen molar-refractivity contribution >= 4 is 11.3 Å². The summed E-state index contributed by atoms with van der Waals surface area (Å²) >= 11 is 1.66. The summed E-state index contributed by atoms with van der Waals surface area (Å²) in [7, 11) is 0. The normalized spacial score (nSPS) is 15.4. The molecule has 14 heavy (non-hydrogen) atoms. The molecule has 0 saturated carbocycles. The molecule has 0 aromatic carbocycles. The molecule has 0 spiro atoms. The monoisotopic (exact) mass is 213 g/mol. The molecule has 0 aliphatic carbocycles. The average molecular weight is 213 g/mol. The quantitative estimate of drug-likeness (QED) is 0.816. The molecule has 1 N–H and O–H groups in total. The van der Waals surface area contributed by atoms with E-state index in [2.05, 4.69) is 36.3 Å². The Kier molecular flexibility index (Phi) is 4.48. The van der Waals surface area contributed by atoms with Crippen molar-refractivity contribution in [2.75, 3.05) is 0 Å². The first-order chi connectivity index (χ1) is 6.63. The van der Waals surface area contributed by atoms with Gasteiger partial charge in [-0.15, -0.1) is 21.5 Å². The summed E-state index contributed by atoms with van der Waals surface area (Å²) in [6.45, 7) is 9.54. The Morgan fingerprint density at radius 3 is 2.57 bits per heavy atom. The molecule has 3 nitrogen and oxygen atoms in total. The number of nitrogens with zero attached hydrogens (tertiary/aromatic N) is 2. The fourth-order valence-electron chi connectivity index (χ4n) is 1.21. The predicted octanol–water partition coefficient (Wildman–Crippen LogP) is 2.37. The van der Waals surface area contributed by atoms with Gasteiger partial charge in [0.15, 0.2) is 0 Å². The second kappa shape index (κ2) is 5.41. The first kappa shape index (κ1) is 11.6. The Bertz CT molecular complexity index is 272. The van der Waals surface area contributed by atoms with Crippen LogP contribution in [0.2, 0.25) is 0 Å². The lowest BCUT2D eigenvalue weighted by Gasteiger charge is -2.18. The Labute approximate surface area is 89.9 Å². The summed E-state index contributed by atoms with van der Waals surface area (Å²) < 4.78 is 0. The van der Waals surface area contributed by atoms with Crippen molar-refractivity contribution in [2.24, 2.45) is 5.92 Å². The number of nitrogens with one attached hydrogen (secondary N) is 1. The van der Waals surface area contributed by atoms with Gasteiger partial charge in [-0.3, -0.25) is 0 Å². The highest BCUT2D eigenvalue weighted by molar-refractivity contribution is 7.11. The number of aromatic nitrogens is 2. The lowest BCUT2D eigenvalue weighted by Crippen LogP contribution is -2.31. The molecule has 1 rings (SSSR count). The van der Waals surface area contributed by atoms with Gasteiger partial charge in [0.1, 0.15) is 10.0 Å². The van der Waals surface area contributed by atoms with Crippen LogP contribution in [-0.2, 0) is 6.54 Å². The zero-order valence-corrected chi connectivity index (χ0v) is 10.2. The third-order valence-electron chi connectivity index (χ3n) is 2.64. The van der Waals surface area contributed by atoms with Crippen LogP contribution < -0.4 is 5.32 Å². The summed E-state index contributed by atoms with van der Waals surface area (Å²) in [4.78, 5) is 0. The van der Waals surface area contributed by atoms with Crippen molar-refractivity contribution in [3.05, 3.63) is 10.0 Å². The van der Waals surface area contributed by atoms with E-state index >= 15 is 0 Å². The minimum atomic E-state index is 0.546. The maximum absolute atomic E-state index is 4.08. The van der Waals surface area contributed by atoms with Gasteiger partial charge in [-0.25, -0.2) is 0 Å². The van der Waals surface area contributed by atoms with E-state index in [4.69, 9.17) is 0 Å². The summed E-state index contributed by atoms with van der Waals surface area (Å²) in [5.41, 5.74) is 0. The SMILES string of the molecule is CCC(C)C(C)NCc1nnc(C)s1. The molecular formula is C10H19N3S. The molecule has 2 atom stereocenters. The van der Waals surface area contributed by atoms with Gasteiger partial charge >= 0.3 is 0 Å². The summed E-state index contributed by atoms with van der Waals surface area (Å²) in [5, 5.41) is 13.7. The molecule has 0 aliphatic rings. The lowest BCUT2D eigenvalue weighted by molar-refractivity contribution is 0.389. The molecule has 80 valence electrons. The second-order valence-corrected chi connectivity index (χ2v) is 5.04. The number of hydrogen-bond acceptors (Lipinski definition) is 4. The van der Waals surface area contributed by atoms with E-state index in [0.717, 1.165) is 16.6 Å². The zero-order valence-electron chi connectivity index (χ0n) is 9.37. The molecule has 1 aromatic rings. The maximum Gasteiger partial charge on any atom is 0.131 e. The summed E-state index contributed by atoms with van der Waals surface area (Å²) in [6, 6.07) is 0.546. The van der Waals surface area contributed by atoms with Crippen LogP contribution in [0.1, 0.15) is 37.2 Å². The maximum atomic E-state index is 4.08. The molecule has 0 amide bonds. The third-order valence-corrected chi connectivity index (χ3v) is 3.48. The minimum absolute atomic E-state index is 0.546. The summed E-state index contributed by atoms with van der Waals surface area (Å²) in [5.74, 6) is 0.712. The standard InChI is InChI=1S/C10H19N3S/c1-5-7(2)8(3)11-6-10-13-12-9(4)14-10/h7-8,11H,5-6H2,1-4H3. The lowest BCUT2D eigenvalue weighted by atomic mass is 10.0. The van der Waals surface area contributed by atoms with Gasteiger partial charge in [-0.1, -0.05) is 20.3 Å². The van der Waals surface area contributed by atoms with E-state index in [1.807, 2.05) is 6.92 Å². The van der Waals surface area contributed by atoms with Crippen LogP contribution in [0.15, 0.2) is 0 Å². The topological polar surface area (TPSA) is 37.8 Å². The van der Waals surface area contributed by atoms with Gasteiger partial charge in [0.05, 0.1) is 0 Å². The predicted molar refractivity (Wildman–Crippen MR) is 60.4 cm³/mol. The van der Waals surface area contributed by atoms with E-state index < -0.39 is 0 Å². The molecule has 1 aromatic heterocycles. The molecule has 0 saturated heterocycles. The Morgan fingerprint density at radius 1 is 1.36 bits per heavy atom. The first-order valence-corrected chi connectivity index (χ1v) is 5.97. The number of rotatable bonds is 5. The van der Waals surface area contributed by atoms with Crippen LogP contribution in [0.25, 0.3) is 0 Å². The fraction of sp³-hybridized carbons (Fsp3) is 0.800. The van der Waals surface area contributed by atoms with Gasteiger partial charge in [0.2, 0.25) is 0 Å². The van der Waals surface area contributed by atoms with Crippen LogP contribution >= 0.6 is 11.3 Å². The van der Waals surface area contributed by atoms with Gasteiger partial charge < -0.3 is 5.32 Å². The number of aryl methyl sites for hydroxylation is 1. The smallest absolute Gasteiger partial charge is 0.131 e. The van der Waals surface area contributed by atoms with Crippen molar-refractivity contribution < 1.29 is 0 Å². The molecule has 2 unspecified atom stereocenters. The molecule has 0 fully saturated rings. The third kappa shape index (κ3) is 3.35.